The SMILES string of the molecule is CC(C)NCC(=O)NCC(=O)NCC(=O)NCC(=O)NCC(=O)C(C)(C)C. The summed E-state index contributed by atoms with van der Waals surface area (Å²) >= 11 is 0. The summed E-state index contributed by atoms with van der Waals surface area (Å²) < 4.78 is 0. The molecule has 0 radical (unpaired) electrons. The van der Waals surface area contributed by atoms with Gasteiger partial charge in [-0.3, -0.25) is 24.0 Å². The highest BCUT2D eigenvalue weighted by Gasteiger charge is 2.21. The van der Waals surface area contributed by atoms with Gasteiger partial charge in [-0.2, -0.15) is 0 Å². The predicted octanol–water partition coefficient (Wildman–Crippen LogP) is -1.94. The van der Waals surface area contributed by atoms with Crippen LogP contribution in [0.15, 0.2) is 0 Å². The van der Waals surface area contributed by atoms with Crippen molar-refractivity contribution in [1.82, 2.24) is 26.6 Å². The van der Waals surface area contributed by atoms with Crippen molar-refractivity contribution in [1.29, 1.82) is 0 Å². The molecule has 0 bridgehead atoms. The van der Waals surface area contributed by atoms with Crippen molar-refractivity contribution in [2.75, 3.05) is 32.7 Å². The molecule has 5 N–H and O–H groups in total. The van der Waals surface area contributed by atoms with E-state index in [0.717, 1.165) is 0 Å². The summed E-state index contributed by atoms with van der Waals surface area (Å²) in [6.07, 6.45) is 0. The largest absolute Gasteiger partial charge is 0.347 e. The van der Waals surface area contributed by atoms with Gasteiger partial charge in [-0.15, -0.1) is 0 Å². The average Bonchev–Trinajstić information content (AvgIpc) is 2.57. The maximum absolute atomic E-state index is 11.7. The summed E-state index contributed by atoms with van der Waals surface area (Å²) in [4.78, 5) is 57.9. The molecule has 0 spiro atoms. The molecule has 0 saturated carbocycles. The Kier molecular flexibility index (Phi) is 10.9. The van der Waals surface area contributed by atoms with Crippen molar-refractivity contribution in [3.05, 3.63) is 0 Å². The Balaban J connectivity index is 3.90. The van der Waals surface area contributed by atoms with Crippen LogP contribution in [-0.4, -0.2) is 68.2 Å². The van der Waals surface area contributed by atoms with E-state index in [-0.39, 0.29) is 50.5 Å². The Morgan fingerprint density at radius 3 is 1.30 bits per heavy atom. The minimum absolute atomic E-state index is 0.0955. The second kappa shape index (κ2) is 12.0. The molecule has 10 nitrogen and oxygen atoms in total. The van der Waals surface area contributed by atoms with E-state index in [9.17, 15) is 24.0 Å². The fourth-order valence-corrected chi connectivity index (χ4v) is 1.53. The molecule has 0 aromatic heterocycles. The van der Waals surface area contributed by atoms with Crippen molar-refractivity contribution in [2.24, 2.45) is 5.41 Å². The zero-order valence-corrected chi connectivity index (χ0v) is 16.7. The molecule has 0 heterocycles. The highest BCUT2D eigenvalue weighted by molar-refractivity contribution is 5.92. The molecule has 10 heteroatoms. The number of hydrogen-bond donors (Lipinski definition) is 5. The Morgan fingerprint density at radius 2 is 0.963 bits per heavy atom. The number of amides is 4. The minimum Gasteiger partial charge on any atom is -0.347 e. The summed E-state index contributed by atoms with van der Waals surface area (Å²) in [5.41, 5.74) is -0.554. The van der Waals surface area contributed by atoms with Gasteiger partial charge in [0.05, 0.1) is 32.7 Å². The smallest absolute Gasteiger partial charge is 0.239 e. The van der Waals surface area contributed by atoms with E-state index in [2.05, 4.69) is 26.6 Å². The first kappa shape index (κ1) is 24.5. The number of hydrogen-bond acceptors (Lipinski definition) is 6. The van der Waals surface area contributed by atoms with Crippen LogP contribution in [0, 0.1) is 5.41 Å². The van der Waals surface area contributed by atoms with Crippen molar-refractivity contribution >= 4 is 29.4 Å². The summed E-state index contributed by atoms with van der Waals surface area (Å²) in [6.45, 7) is 8.12. The van der Waals surface area contributed by atoms with Crippen molar-refractivity contribution < 1.29 is 24.0 Å². The van der Waals surface area contributed by atoms with E-state index in [1.807, 2.05) is 13.8 Å². The molecule has 154 valence electrons. The van der Waals surface area contributed by atoms with Crippen molar-refractivity contribution in [2.45, 2.75) is 40.7 Å². The molecule has 0 aromatic carbocycles. The fraction of sp³-hybridized carbons (Fsp3) is 0.706. The second-order valence-corrected chi connectivity index (χ2v) is 7.32. The van der Waals surface area contributed by atoms with Gasteiger partial charge in [0.25, 0.3) is 0 Å². The van der Waals surface area contributed by atoms with Crippen LogP contribution < -0.4 is 26.6 Å². The number of ketones is 1. The Labute approximate surface area is 159 Å². The first-order valence-corrected chi connectivity index (χ1v) is 8.75. The van der Waals surface area contributed by atoms with E-state index >= 15 is 0 Å². The third kappa shape index (κ3) is 13.4. The van der Waals surface area contributed by atoms with Gasteiger partial charge in [0.15, 0.2) is 5.78 Å². The second-order valence-electron chi connectivity index (χ2n) is 7.32. The monoisotopic (exact) mass is 385 g/mol. The molecule has 0 aliphatic carbocycles. The summed E-state index contributed by atoms with van der Waals surface area (Å²) in [5.74, 6) is -2.04. The van der Waals surface area contributed by atoms with Crippen LogP contribution in [0.1, 0.15) is 34.6 Å². The lowest BCUT2D eigenvalue weighted by atomic mass is 9.91. The van der Waals surface area contributed by atoms with Crippen LogP contribution in [0.2, 0.25) is 0 Å². The molecule has 0 unspecified atom stereocenters. The lowest BCUT2D eigenvalue weighted by Crippen LogP contribution is -2.46. The molecular weight excluding hydrogens is 354 g/mol. The van der Waals surface area contributed by atoms with Crippen LogP contribution in [0.5, 0.6) is 0 Å². The van der Waals surface area contributed by atoms with Gasteiger partial charge in [0.1, 0.15) is 0 Å². The number of carbonyl (C=O) groups excluding carboxylic acids is 5. The van der Waals surface area contributed by atoms with E-state index in [0.29, 0.717) is 0 Å². The highest BCUT2D eigenvalue weighted by Crippen LogP contribution is 2.13. The van der Waals surface area contributed by atoms with E-state index in [1.165, 1.54) is 0 Å². The van der Waals surface area contributed by atoms with Gasteiger partial charge >= 0.3 is 0 Å². The Hall–Kier alpha value is -2.49. The third-order valence-corrected chi connectivity index (χ3v) is 3.29. The molecule has 0 aromatic rings. The first-order chi connectivity index (χ1) is 12.4. The molecule has 0 aliphatic rings. The topological polar surface area (TPSA) is 146 Å². The van der Waals surface area contributed by atoms with Gasteiger partial charge < -0.3 is 26.6 Å². The van der Waals surface area contributed by atoms with Crippen LogP contribution in [0.25, 0.3) is 0 Å². The van der Waals surface area contributed by atoms with Crippen molar-refractivity contribution in [3.8, 4) is 0 Å². The van der Waals surface area contributed by atoms with Crippen LogP contribution in [0.3, 0.4) is 0 Å². The summed E-state index contributed by atoms with van der Waals surface area (Å²) in [7, 11) is 0. The molecule has 0 atom stereocenters. The average molecular weight is 385 g/mol. The fourth-order valence-electron chi connectivity index (χ4n) is 1.53. The summed E-state index contributed by atoms with van der Waals surface area (Å²) in [6, 6.07) is 0.150. The van der Waals surface area contributed by atoms with Gasteiger partial charge in [0, 0.05) is 11.5 Å². The zero-order chi connectivity index (χ0) is 21.0. The quantitative estimate of drug-likeness (QED) is 0.280. The first-order valence-electron chi connectivity index (χ1n) is 8.75. The molecule has 4 amide bonds. The van der Waals surface area contributed by atoms with E-state index < -0.39 is 23.1 Å². The number of rotatable bonds is 11. The van der Waals surface area contributed by atoms with E-state index in [4.69, 9.17) is 0 Å². The molecule has 0 aliphatic heterocycles. The van der Waals surface area contributed by atoms with Crippen molar-refractivity contribution in [3.63, 3.8) is 0 Å². The Bertz CT molecular complexity index is 554. The maximum atomic E-state index is 11.7. The number of nitrogens with one attached hydrogen (secondary N) is 5. The number of carbonyl (C=O) groups is 5. The molecular formula is C17H31N5O5. The molecule has 0 saturated heterocycles. The van der Waals surface area contributed by atoms with E-state index in [1.54, 1.807) is 20.8 Å². The van der Waals surface area contributed by atoms with Gasteiger partial charge in [0.2, 0.25) is 23.6 Å². The predicted molar refractivity (Wildman–Crippen MR) is 99.6 cm³/mol. The molecule has 27 heavy (non-hydrogen) atoms. The molecule has 0 rings (SSSR count). The van der Waals surface area contributed by atoms with Gasteiger partial charge in [-0.25, -0.2) is 0 Å². The summed E-state index contributed by atoms with van der Waals surface area (Å²) in [5, 5.41) is 12.4. The van der Waals surface area contributed by atoms with Crippen LogP contribution in [0.4, 0.5) is 0 Å². The van der Waals surface area contributed by atoms with Gasteiger partial charge in [-0.05, 0) is 0 Å². The third-order valence-electron chi connectivity index (χ3n) is 3.29. The lowest BCUT2D eigenvalue weighted by Gasteiger charge is -2.16. The molecule has 0 fully saturated rings. The van der Waals surface area contributed by atoms with Crippen LogP contribution >= 0.6 is 0 Å². The zero-order valence-electron chi connectivity index (χ0n) is 16.7. The number of Topliss-reactive ketones (excluding diaryl/α,β-unsaturated/α-hetero) is 1. The maximum Gasteiger partial charge on any atom is 0.239 e. The normalized spacial score (nSPS) is 10.9. The van der Waals surface area contributed by atoms with Gasteiger partial charge in [-0.1, -0.05) is 34.6 Å². The minimum atomic E-state index is -0.562. The van der Waals surface area contributed by atoms with Crippen LogP contribution in [-0.2, 0) is 24.0 Å². The Morgan fingerprint density at radius 1 is 0.630 bits per heavy atom. The standard InChI is InChI=1S/C17H31N5O5/c1-11(2)18-7-13(24)20-9-15(26)22-10-16(27)21-8-14(25)19-6-12(23)17(3,4)5/h11,18H,6-10H2,1-5H3,(H,19,25)(H,20,24)(H,21,27)(H,22,26). The highest BCUT2D eigenvalue weighted by atomic mass is 16.2. The lowest BCUT2D eigenvalue weighted by molar-refractivity contribution is -0.130.